The summed E-state index contributed by atoms with van der Waals surface area (Å²) < 4.78 is 25.0. The number of sulfone groups is 1. The maximum atomic E-state index is 11.6. The van der Waals surface area contributed by atoms with Crippen LogP contribution in [0.2, 0.25) is 0 Å². The van der Waals surface area contributed by atoms with Gasteiger partial charge in [0.05, 0.1) is 11.3 Å². The van der Waals surface area contributed by atoms with Crippen LogP contribution in [0.25, 0.3) is 0 Å². The molecule has 1 aromatic rings. The van der Waals surface area contributed by atoms with Gasteiger partial charge in [0.25, 0.3) is 0 Å². The van der Waals surface area contributed by atoms with Crippen LogP contribution in [-0.4, -0.2) is 29.7 Å². The quantitative estimate of drug-likeness (QED) is 0.866. The van der Waals surface area contributed by atoms with Crippen molar-refractivity contribution < 1.29 is 8.42 Å². The van der Waals surface area contributed by atoms with Crippen molar-refractivity contribution in [3.63, 3.8) is 0 Å². The molecule has 96 valence electrons. The van der Waals surface area contributed by atoms with Gasteiger partial charge in [0.2, 0.25) is 0 Å². The maximum absolute atomic E-state index is 11.6. The summed E-state index contributed by atoms with van der Waals surface area (Å²) in [5.74, 6) is 0.534. The number of rotatable bonds is 2. The molecule has 2 N–H and O–H groups in total. The predicted molar refractivity (Wildman–Crippen MR) is 67.5 cm³/mol. The molecule has 1 heterocycles. The summed E-state index contributed by atoms with van der Waals surface area (Å²) in [6.07, 6.45) is 6.56. The van der Waals surface area contributed by atoms with Crippen LogP contribution in [0.4, 0.5) is 5.82 Å². The second-order valence-corrected chi connectivity index (χ2v) is 7.28. The molecular formula is C11H19N3O2S. The van der Waals surface area contributed by atoms with Gasteiger partial charge in [-0.05, 0) is 26.2 Å². The van der Waals surface area contributed by atoms with Crippen molar-refractivity contribution in [1.29, 1.82) is 0 Å². The molecule has 0 bridgehead atoms. The van der Waals surface area contributed by atoms with Crippen LogP contribution in [0.1, 0.15) is 37.3 Å². The first-order valence-corrected chi connectivity index (χ1v) is 7.83. The Morgan fingerprint density at radius 1 is 1.47 bits per heavy atom. The van der Waals surface area contributed by atoms with Gasteiger partial charge in [0.15, 0.2) is 0 Å². The highest BCUT2D eigenvalue weighted by atomic mass is 32.2. The maximum Gasteiger partial charge on any atom is 0.150 e. The average Bonchev–Trinajstić information content (AvgIpc) is 2.58. The Morgan fingerprint density at radius 3 is 2.71 bits per heavy atom. The molecule has 1 aliphatic rings. The first-order valence-electron chi connectivity index (χ1n) is 5.88. The number of hydrogen-bond donors (Lipinski definition) is 1. The Morgan fingerprint density at radius 2 is 2.18 bits per heavy atom. The van der Waals surface area contributed by atoms with Crippen molar-refractivity contribution in [3.8, 4) is 0 Å². The summed E-state index contributed by atoms with van der Waals surface area (Å²) in [4.78, 5) is 0. The number of hydrogen-bond acceptors (Lipinski definition) is 4. The van der Waals surface area contributed by atoms with E-state index in [2.05, 4.69) is 5.10 Å². The lowest BCUT2D eigenvalue weighted by atomic mass is 9.95. The van der Waals surface area contributed by atoms with Gasteiger partial charge in [-0.15, -0.1) is 0 Å². The highest BCUT2D eigenvalue weighted by Gasteiger charge is 2.30. The van der Waals surface area contributed by atoms with Crippen molar-refractivity contribution in [2.24, 2.45) is 0 Å². The second-order valence-electron chi connectivity index (χ2n) is 4.95. The van der Waals surface area contributed by atoms with Crippen molar-refractivity contribution in [3.05, 3.63) is 11.8 Å². The Balaban J connectivity index is 2.18. The molecule has 5 nitrogen and oxygen atoms in total. The monoisotopic (exact) mass is 257 g/mol. The summed E-state index contributed by atoms with van der Waals surface area (Å²) >= 11 is 0. The number of nitrogens with zero attached hydrogens (tertiary/aromatic N) is 2. The molecule has 1 saturated carbocycles. The zero-order valence-corrected chi connectivity index (χ0v) is 11.1. The molecule has 17 heavy (non-hydrogen) atoms. The van der Waals surface area contributed by atoms with Crippen LogP contribution in [-0.2, 0) is 9.84 Å². The van der Waals surface area contributed by atoms with E-state index < -0.39 is 9.84 Å². The Labute approximate surface area is 102 Å². The van der Waals surface area contributed by atoms with Gasteiger partial charge in [-0.2, -0.15) is 5.10 Å². The van der Waals surface area contributed by atoms with Crippen LogP contribution >= 0.6 is 0 Å². The molecule has 0 saturated heterocycles. The third-order valence-electron chi connectivity index (χ3n) is 3.53. The van der Waals surface area contributed by atoms with Gasteiger partial charge in [0.1, 0.15) is 15.7 Å². The van der Waals surface area contributed by atoms with Crippen LogP contribution < -0.4 is 5.73 Å². The van der Waals surface area contributed by atoms with Crippen LogP contribution in [0.3, 0.4) is 0 Å². The van der Waals surface area contributed by atoms with Gasteiger partial charge >= 0.3 is 0 Å². The van der Waals surface area contributed by atoms with Gasteiger partial charge in [-0.25, -0.2) is 8.42 Å². The first-order chi connectivity index (χ1) is 7.88. The molecule has 6 heteroatoms. The van der Waals surface area contributed by atoms with Crippen LogP contribution in [0.15, 0.2) is 6.20 Å². The molecule has 0 radical (unpaired) electrons. The molecule has 2 unspecified atom stereocenters. The topological polar surface area (TPSA) is 78.0 Å². The molecule has 0 spiro atoms. The van der Waals surface area contributed by atoms with Gasteiger partial charge in [-0.3, -0.25) is 4.68 Å². The number of nitrogen functional groups attached to an aromatic ring is 1. The zero-order valence-electron chi connectivity index (χ0n) is 10.3. The average molecular weight is 257 g/mol. The molecule has 0 amide bonds. The van der Waals surface area contributed by atoms with E-state index >= 15 is 0 Å². The van der Waals surface area contributed by atoms with E-state index in [0.29, 0.717) is 12.2 Å². The SMILES string of the molecule is Cc1cn(C2CCCC(S(C)(=O)=O)C2)nc1N. The van der Waals surface area contributed by atoms with E-state index in [9.17, 15) is 8.42 Å². The minimum absolute atomic E-state index is 0.166. The molecule has 0 aromatic carbocycles. The number of aryl methyl sites for hydroxylation is 1. The molecular weight excluding hydrogens is 238 g/mol. The third kappa shape index (κ3) is 2.62. The Bertz CT molecular complexity index is 487. The molecule has 1 aromatic heterocycles. The van der Waals surface area contributed by atoms with E-state index in [1.807, 2.05) is 17.8 Å². The highest BCUT2D eigenvalue weighted by Crippen LogP contribution is 2.32. The molecule has 1 aliphatic carbocycles. The zero-order chi connectivity index (χ0) is 12.6. The van der Waals surface area contributed by atoms with Gasteiger partial charge < -0.3 is 5.73 Å². The molecule has 2 rings (SSSR count). The summed E-state index contributed by atoms with van der Waals surface area (Å²) in [7, 11) is -2.94. The largest absolute Gasteiger partial charge is 0.382 e. The van der Waals surface area contributed by atoms with E-state index in [1.165, 1.54) is 6.26 Å². The molecule has 1 fully saturated rings. The minimum atomic E-state index is -2.94. The Kier molecular flexibility index (Phi) is 3.16. The van der Waals surface area contributed by atoms with E-state index in [0.717, 1.165) is 24.8 Å². The minimum Gasteiger partial charge on any atom is -0.382 e. The second kappa shape index (κ2) is 4.33. The van der Waals surface area contributed by atoms with Crippen LogP contribution in [0, 0.1) is 6.92 Å². The molecule has 2 atom stereocenters. The summed E-state index contributed by atoms with van der Waals surface area (Å²) in [6, 6.07) is 0.166. The fourth-order valence-electron chi connectivity index (χ4n) is 2.43. The lowest BCUT2D eigenvalue weighted by Crippen LogP contribution is -2.29. The van der Waals surface area contributed by atoms with Crippen molar-refractivity contribution in [2.45, 2.75) is 43.9 Å². The van der Waals surface area contributed by atoms with Crippen LogP contribution in [0.5, 0.6) is 0 Å². The van der Waals surface area contributed by atoms with Crippen molar-refractivity contribution >= 4 is 15.7 Å². The predicted octanol–water partition coefficient (Wildman–Crippen LogP) is 1.30. The summed E-state index contributed by atoms with van der Waals surface area (Å²) in [6.45, 7) is 1.91. The smallest absolute Gasteiger partial charge is 0.150 e. The standard InChI is InChI=1S/C11H19N3O2S/c1-8-7-14(13-11(8)12)9-4-3-5-10(6-9)17(2,15)16/h7,9-10H,3-6H2,1-2H3,(H2,12,13). The lowest BCUT2D eigenvalue weighted by molar-refractivity contribution is 0.330. The Hall–Kier alpha value is -1.04. The van der Waals surface area contributed by atoms with Gasteiger partial charge in [-0.1, -0.05) is 6.42 Å². The van der Waals surface area contributed by atoms with Gasteiger partial charge in [0, 0.05) is 18.0 Å². The van der Waals surface area contributed by atoms with E-state index in [-0.39, 0.29) is 11.3 Å². The van der Waals surface area contributed by atoms with E-state index in [4.69, 9.17) is 5.73 Å². The fourth-order valence-corrected chi connectivity index (χ4v) is 3.60. The number of aromatic nitrogens is 2. The summed E-state index contributed by atoms with van der Waals surface area (Å²) in [5.41, 5.74) is 6.67. The fraction of sp³-hybridized carbons (Fsp3) is 0.727. The third-order valence-corrected chi connectivity index (χ3v) is 5.17. The lowest BCUT2D eigenvalue weighted by Gasteiger charge is -2.28. The summed E-state index contributed by atoms with van der Waals surface area (Å²) in [5, 5.41) is 4.02. The first kappa shape index (κ1) is 12.4. The van der Waals surface area contributed by atoms with Crippen molar-refractivity contribution in [2.75, 3.05) is 12.0 Å². The highest BCUT2D eigenvalue weighted by molar-refractivity contribution is 7.91. The van der Waals surface area contributed by atoms with E-state index in [1.54, 1.807) is 0 Å². The van der Waals surface area contributed by atoms with Crippen molar-refractivity contribution in [1.82, 2.24) is 9.78 Å². The number of anilines is 1. The normalized spacial score (nSPS) is 26.0. The molecule has 0 aliphatic heterocycles. The number of nitrogens with two attached hydrogens (primary N) is 1.